The van der Waals surface area contributed by atoms with E-state index in [1.165, 1.54) is 6.26 Å². The van der Waals surface area contributed by atoms with E-state index < -0.39 is 0 Å². The van der Waals surface area contributed by atoms with Crippen LogP contribution < -0.4 is 4.74 Å². The zero-order valence-electron chi connectivity index (χ0n) is 18.5. The van der Waals surface area contributed by atoms with Crippen LogP contribution in [0.1, 0.15) is 56.0 Å². The molecule has 4 rings (SSSR count). The Morgan fingerprint density at radius 3 is 2.47 bits per heavy atom. The molecule has 2 aliphatic rings. The molecule has 1 fully saturated rings. The molecule has 3 atom stereocenters. The van der Waals surface area contributed by atoms with Crippen molar-refractivity contribution in [3.05, 3.63) is 76.2 Å². The standard InChI is InChI=1S/C26H27BrO5/c1-26(2,3)17-10-8-16(9-11-17)25(29)31-18-12-13-19-22(14-18)30-15-23(24(19)28)32-21-7-5-4-6-20(21)27/h4-11,15,18-19,22H,12-14H2,1-3H3. The molecule has 0 bridgehead atoms. The Kier molecular flexibility index (Phi) is 6.42. The van der Waals surface area contributed by atoms with Crippen molar-refractivity contribution in [2.75, 3.05) is 0 Å². The van der Waals surface area contributed by atoms with E-state index in [4.69, 9.17) is 14.2 Å². The summed E-state index contributed by atoms with van der Waals surface area (Å²) in [7, 11) is 0. The smallest absolute Gasteiger partial charge is 0.338 e. The van der Waals surface area contributed by atoms with Crippen LogP contribution >= 0.6 is 15.9 Å². The van der Waals surface area contributed by atoms with Crippen LogP contribution in [-0.4, -0.2) is 24.0 Å². The third-order valence-corrected chi connectivity index (χ3v) is 6.65. The summed E-state index contributed by atoms with van der Waals surface area (Å²) >= 11 is 3.42. The van der Waals surface area contributed by atoms with Crippen molar-refractivity contribution < 1.29 is 23.8 Å². The highest BCUT2D eigenvalue weighted by atomic mass is 79.9. The predicted octanol–water partition coefficient (Wildman–Crippen LogP) is 5.96. The van der Waals surface area contributed by atoms with Gasteiger partial charge in [0.25, 0.3) is 0 Å². The first-order valence-corrected chi connectivity index (χ1v) is 11.7. The third-order valence-electron chi connectivity index (χ3n) is 5.99. The van der Waals surface area contributed by atoms with Crippen molar-refractivity contribution in [1.29, 1.82) is 0 Å². The van der Waals surface area contributed by atoms with Crippen LogP contribution in [0.5, 0.6) is 5.75 Å². The second kappa shape index (κ2) is 9.10. The van der Waals surface area contributed by atoms with Crippen molar-refractivity contribution in [1.82, 2.24) is 0 Å². The van der Waals surface area contributed by atoms with E-state index in [-0.39, 0.29) is 41.1 Å². The van der Waals surface area contributed by atoms with E-state index in [1.54, 1.807) is 6.07 Å². The van der Waals surface area contributed by atoms with E-state index in [0.29, 0.717) is 30.6 Å². The van der Waals surface area contributed by atoms with Crippen LogP contribution in [0.25, 0.3) is 0 Å². The van der Waals surface area contributed by atoms with Crippen molar-refractivity contribution in [2.45, 2.75) is 57.7 Å². The first-order chi connectivity index (χ1) is 15.2. The lowest BCUT2D eigenvalue weighted by Gasteiger charge is -2.36. The fourth-order valence-electron chi connectivity index (χ4n) is 4.09. The highest BCUT2D eigenvalue weighted by Crippen LogP contribution is 2.36. The van der Waals surface area contributed by atoms with Gasteiger partial charge in [-0.15, -0.1) is 0 Å². The van der Waals surface area contributed by atoms with Gasteiger partial charge >= 0.3 is 5.97 Å². The topological polar surface area (TPSA) is 61.8 Å². The average molecular weight is 499 g/mol. The maximum absolute atomic E-state index is 12.9. The molecule has 168 valence electrons. The number of esters is 1. The zero-order chi connectivity index (χ0) is 22.9. The molecule has 0 aromatic heterocycles. The Balaban J connectivity index is 1.37. The maximum atomic E-state index is 12.9. The summed E-state index contributed by atoms with van der Waals surface area (Å²) in [4.78, 5) is 25.6. The van der Waals surface area contributed by atoms with Crippen LogP contribution in [0.4, 0.5) is 0 Å². The number of carbonyl (C=O) groups is 2. The fourth-order valence-corrected chi connectivity index (χ4v) is 4.45. The van der Waals surface area contributed by atoms with Gasteiger partial charge in [-0.2, -0.15) is 0 Å². The summed E-state index contributed by atoms with van der Waals surface area (Å²) in [6.07, 6.45) is 2.48. The van der Waals surface area contributed by atoms with Gasteiger partial charge in [0, 0.05) is 6.42 Å². The minimum absolute atomic E-state index is 0.0261. The van der Waals surface area contributed by atoms with Crippen molar-refractivity contribution in [2.24, 2.45) is 5.92 Å². The van der Waals surface area contributed by atoms with Gasteiger partial charge < -0.3 is 14.2 Å². The summed E-state index contributed by atoms with van der Waals surface area (Å²) in [5.41, 5.74) is 1.72. The molecule has 5 nitrogen and oxygen atoms in total. The molecular formula is C26H27BrO5. The second-order valence-electron chi connectivity index (χ2n) is 9.33. The molecular weight excluding hydrogens is 472 g/mol. The molecule has 0 N–H and O–H groups in total. The summed E-state index contributed by atoms with van der Waals surface area (Å²) in [6.45, 7) is 6.40. The maximum Gasteiger partial charge on any atom is 0.338 e. The van der Waals surface area contributed by atoms with E-state index >= 15 is 0 Å². The number of hydrogen-bond donors (Lipinski definition) is 0. The Morgan fingerprint density at radius 2 is 1.78 bits per heavy atom. The van der Waals surface area contributed by atoms with Crippen LogP contribution in [0.15, 0.2) is 65.0 Å². The molecule has 6 heteroatoms. The second-order valence-corrected chi connectivity index (χ2v) is 10.2. The van der Waals surface area contributed by atoms with Gasteiger partial charge in [0.1, 0.15) is 24.2 Å². The molecule has 1 aliphatic heterocycles. The highest BCUT2D eigenvalue weighted by molar-refractivity contribution is 9.10. The molecule has 0 spiro atoms. The first-order valence-electron chi connectivity index (χ1n) is 10.9. The van der Waals surface area contributed by atoms with Gasteiger partial charge in [0.2, 0.25) is 11.5 Å². The molecule has 32 heavy (non-hydrogen) atoms. The number of carbonyl (C=O) groups excluding carboxylic acids is 2. The number of ether oxygens (including phenoxy) is 3. The monoisotopic (exact) mass is 498 g/mol. The number of halogens is 1. The van der Waals surface area contributed by atoms with Gasteiger partial charge in [-0.05, 0) is 64.0 Å². The molecule has 2 aromatic carbocycles. The van der Waals surface area contributed by atoms with Gasteiger partial charge in [-0.25, -0.2) is 4.79 Å². The fraction of sp³-hybridized carbons (Fsp3) is 0.385. The normalized spacial score (nSPS) is 22.9. The molecule has 1 aliphatic carbocycles. The summed E-state index contributed by atoms with van der Waals surface area (Å²) in [5.74, 6) is 0.0596. The quantitative estimate of drug-likeness (QED) is 0.486. The molecule has 2 aromatic rings. The zero-order valence-corrected chi connectivity index (χ0v) is 20.1. The van der Waals surface area contributed by atoms with Crippen LogP contribution in [0.3, 0.4) is 0 Å². The van der Waals surface area contributed by atoms with E-state index in [0.717, 1.165) is 10.0 Å². The van der Waals surface area contributed by atoms with Crippen molar-refractivity contribution >= 4 is 27.7 Å². The van der Waals surface area contributed by atoms with Gasteiger partial charge in [0.05, 0.1) is 16.0 Å². The molecule has 0 amide bonds. The van der Waals surface area contributed by atoms with Crippen LogP contribution in [0, 0.1) is 5.92 Å². The summed E-state index contributed by atoms with van der Waals surface area (Å²) < 4.78 is 18.1. The number of benzene rings is 2. The number of allylic oxidation sites excluding steroid dienone is 1. The Morgan fingerprint density at radius 1 is 1.06 bits per heavy atom. The minimum atomic E-state index is -0.343. The number of fused-ring (bicyclic) bond motifs is 1. The third kappa shape index (κ3) is 4.90. The van der Waals surface area contributed by atoms with E-state index in [2.05, 4.69) is 36.7 Å². The lowest BCUT2D eigenvalue weighted by Crippen LogP contribution is -2.43. The van der Waals surface area contributed by atoms with Gasteiger partial charge in [-0.1, -0.05) is 45.0 Å². The number of rotatable bonds is 4. The Hall–Kier alpha value is -2.60. The highest BCUT2D eigenvalue weighted by Gasteiger charge is 2.42. The molecule has 3 unspecified atom stereocenters. The lowest BCUT2D eigenvalue weighted by atomic mass is 9.80. The van der Waals surface area contributed by atoms with E-state index in [1.807, 2.05) is 42.5 Å². The van der Waals surface area contributed by atoms with E-state index in [9.17, 15) is 9.59 Å². The van der Waals surface area contributed by atoms with Gasteiger partial charge in [-0.3, -0.25) is 4.79 Å². The van der Waals surface area contributed by atoms with Crippen molar-refractivity contribution in [3.8, 4) is 5.75 Å². The largest absolute Gasteiger partial charge is 0.493 e. The molecule has 0 radical (unpaired) electrons. The number of ketones is 1. The lowest BCUT2D eigenvalue weighted by molar-refractivity contribution is -0.132. The average Bonchev–Trinajstić information content (AvgIpc) is 2.76. The molecule has 1 heterocycles. The minimum Gasteiger partial charge on any atom is -0.493 e. The van der Waals surface area contributed by atoms with Crippen LogP contribution in [-0.2, 0) is 19.7 Å². The number of para-hydroxylation sites is 1. The predicted molar refractivity (Wildman–Crippen MR) is 124 cm³/mol. The molecule has 0 saturated heterocycles. The first kappa shape index (κ1) is 22.6. The number of hydrogen-bond acceptors (Lipinski definition) is 5. The Labute approximate surface area is 196 Å². The van der Waals surface area contributed by atoms with Crippen molar-refractivity contribution in [3.63, 3.8) is 0 Å². The van der Waals surface area contributed by atoms with Gasteiger partial charge in [0.15, 0.2) is 0 Å². The SMILES string of the molecule is CC(C)(C)c1ccc(C(=O)OC2CCC3C(=O)C(Oc4ccccc4Br)=COC3C2)cc1. The summed E-state index contributed by atoms with van der Waals surface area (Å²) in [5, 5.41) is 0. The summed E-state index contributed by atoms with van der Waals surface area (Å²) in [6, 6.07) is 14.9. The number of Topliss-reactive ketones (excluding diaryl/α,β-unsaturated/α-hetero) is 1. The van der Waals surface area contributed by atoms with Crippen LogP contribution in [0.2, 0.25) is 0 Å². The molecule has 1 saturated carbocycles. The Bertz CT molecular complexity index is 1030.